The van der Waals surface area contributed by atoms with E-state index in [1.165, 1.54) is 22.3 Å². The Morgan fingerprint density at radius 3 is 2.42 bits per heavy atom. The first-order valence-electron chi connectivity index (χ1n) is 20.0. The molecule has 2 aliphatic heterocycles. The molecule has 2 N–H and O–H groups in total. The van der Waals surface area contributed by atoms with Crippen LogP contribution in [0.25, 0.3) is 16.6 Å². The zero-order valence-electron chi connectivity index (χ0n) is 33.2. The number of hydrogen-bond donors (Lipinski definition) is 2. The van der Waals surface area contributed by atoms with Gasteiger partial charge in [-0.15, -0.1) is 0 Å². The van der Waals surface area contributed by atoms with Crippen LogP contribution in [0.1, 0.15) is 94.9 Å². The minimum atomic E-state index is -0.846. The summed E-state index contributed by atoms with van der Waals surface area (Å²) in [5.74, 6) is -0.836. The number of carbonyl (C=O) groups excluding carboxylic acids is 2. The summed E-state index contributed by atoms with van der Waals surface area (Å²) in [5.41, 5.74) is 3.50. The average Bonchev–Trinajstić information content (AvgIpc) is 3.50. The highest BCUT2D eigenvalue weighted by molar-refractivity contribution is 6.00. The fourth-order valence-corrected chi connectivity index (χ4v) is 9.06. The summed E-state index contributed by atoms with van der Waals surface area (Å²) < 4.78 is 34.2. The van der Waals surface area contributed by atoms with Gasteiger partial charge in [0.2, 0.25) is 5.95 Å². The van der Waals surface area contributed by atoms with Gasteiger partial charge in [-0.25, -0.2) is 23.5 Å². The number of aromatic nitrogens is 5. The van der Waals surface area contributed by atoms with Crippen LogP contribution in [-0.4, -0.2) is 60.9 Å². The van der Waals surface area contributed by atoms with Crippen LogP contribution in [0, 0.1) is 25.6 Å². The molecular formula is C44H44FN7O7. The van der Waals surface area contributed by atoms with Crippen molar-refractivity contribution in [3.8, 4) is 5.69 Å². The average molecular weight is 802 g/mol. The van der Waals surface area contributed by atoms with Gasteiger partial charge in [-0.3, -0.25) is 24.4 Å². The lowest BCUT2D eigenvalue weighted by molar-refractivity contribution is 0.0658. The number of ether oxygens (including phenoxy) is 2. The van der Waals surface area contributed by atoms with Crippen LogP contribution in [0.3, 0.4) is 0 Å². The van der Waals surface area contributed by atoms with Gasteiger partial charge in [-0.05, 0) is 111 Å². The highest BCUT2D eigenvalue weighted by Crippen LogP contribution is 2.56. The lowest BCUT2D eigenvalue weighted by Gasteiger charge is -2.35. The van der Waals surface area contributed by atoms with E-state index in [4.69, 9.17) is 19.0 Å². The minimum Gasteiger partial charge on any atom is -0.444 e. The fraction of sp³-hybridized carbons (Fsp3) is 0.364. The molecule has 3 aromatic carbocycles. The van der Waals surface area contributed by atoms with Crippen LogP contribution in [0.2, 0.25) is 0 Å². The molecular weight excluding hydrogens is 758 g/mol. The highest BCUT2D eigenvalue weighted by Gasteiger charge is 2.59. The number of aryl methyl sites for hydroxylation is 2. The van der Waals surface area contributed by atoms with Crippen molar-refractivity contribution in [3.63, 3.8) is 0 Å². The van der Waals surface area contributed by atoms with E-state index >= 15 is 4.79 Å². The summed E-state index contributed by atoms with van der Waals surface area (Å²) in [7, 11) is 0. The molecule has 6 aromatic rings. The summed E-state index contributed by atoms with van der Waals surface area (Å²) >= 11 is 0. The number of halogens is 1. The van der Waals surface area contributed by atoms with Crippen molar-refractivity contribution in [3.05, 3.63) is 138 Å². The molecule has 0 spiro atoms. The summed E-state index contributed by atoms with van der Waals surface area (Å²) in [4.78, 5) is 64.6. The molecule has 2 fully saturated rings. The van der Waals surface area contributed by atoms with Crippen LogP contribution >= 0.6 is 0 Å². The van der Waals surface area contributed by atoms with Crippen LogP contribution in [0.5, 0.6) is 0 Å². The smallest absolute Gasteiger partial charge is 0.438 e. The maximum absolute atomic E-state index is 15.1. The molecule has 0 unspecified atom stereocenters. The van der Waals surface area contributed by atoms with Crippen LogP contribution in [-0.2, 0) is 28.0 Å². The Morgan fingerprint density at radius 2 is 1.75 bits per heavy atom. The summed E-state index contributed by atoms with van der Waals surface area (Å²) in [5, 5.41) is 7.66. The Bertz CT molecular complexity index is 2730. The molecule has 15 heteroatoms. The van der Waals surface area contributed by atoms with Gasteiger partial charge in [0.25, 0.3) is 11.5 Å². The molecule has 3 atom stereocenters. The van der Waals surface area contributed by atoms with E-state index in [-0.39, 0.29) is 37.3 Å². The van der Waals surface area contributed by atoms with Crippen molar-refractivity contribution in [2.24, 2.45) is 5.92 Å². The number of fused-ring (bicyclic) bond motifs is 2. The second kappa shape index (κ2) is 14.8. The number of rotatable bonds is 8. The predicted octanol–water partition coefficient (Wildman–Crippen LogP) is 6.81. The molecule has 14 nitrogen and oxygen atoms in total. The van der Waals surface area contributed by atoms with Crippen LogP contribution in [0.15, 0.2) is 80.8 Å². The third kappa shape index (κ3) is 6.62. The van der Waals surface area contributed by atoms with Gasteiger partial charge < -0.3 is 18.9 Å². The summed E-state index contributed by atoms with van der Waals surface area (Å²) in [6, 6.07) is 19.7. The zero-order chi connectivity index (χ0) is 41.2. The number of benzene rings is 3. The molecule has 3 aliphatic rings. The number of carbonyl (C=O) groups is 2. The number of aromatic amines is 1. The van der Waals surface area contributed by atoms with Crippen molar-refractivity contribution >= 4 is 28.9 Å². The Morgan fingerprint density at radius 1 is 1.02 bits per heavy atom. The summed E-state index contributed by atoms with van der Waals surface area (Å²) in [6.07, 6.45) is 1.74. The van der Waals surface area contributed by atoms with Gasteiger partial charge in [-0.2, -0.15) is 0 Å². The van der Waals surface area contributed by atoms with E-state index in [0.29, 0.717) is 65.1 Å². The van der Waals surface area contributed by atoms with E-state index in [0.717, 1.165) is 29.3 Å². The molecule has 59 heavy (non-hydrogen) atoms. The van der Waals surface area contributed by atoms with E-state index < -0.39 is 34.8 Å². The van der Waals surface area contributed by atoms with Crippen molar-refractivity contribution in [2.75, 3.05) is 25.1 Å². The topological polar surface area (TPSA) is 167 Å². The third-order valence-electron chi connectivity index (χ3n) is 12.3. The number of H-pyrrole nitrogens is 1. The number of hydrogen-bond acceptors (Lipinski definition) is 9. The second-order valence-electron chi connectivity index (χ2n) is 16.0. The van der Waals surface area contributed by atoms with E-state index in [1.807, 2.05) is 54.0 Å². The van der Waals surface area contributed by atoms with Crippen molar-refractivity contribution in [1.29, 1.82) is 0 Å². The highest BCUT2D eigenvalue weighted by atomic mass is 19.1. The fourth-order valence-electron chi connectivity index (χ4n) is 9.06. The van der Waals surface area contributed by atoms with Gasteiger partial charge in [0.15, 0.2) is 5.82 Å². The second-order valence-corrected chi connectivity index (χ2v) is 16.0. The van der Waals surface area contributed by atoms with Crippen LogP contribution in [0.4, 0.5) is 15.1 Å². The molecule has 0 bridgehead atoms. The van der Waals surface area contributed by atoms with E-state index in [2.05, 4.69) is 27.6 Å². The predicted molar refractivity (Wildman–Crippen MR) is 215 cm³/mol. The largest absolute Gasteiger partial charge is 0.444 e. The van der Waals surface area contributed by atoms with Gasteiger partial charge in [0.1, 0.15) is 23.7 Å². The Hall–Kier alpha value is -6.35. The molecule has 3 aromatic heterocycles. The maximum atomic E-state index is 15.1. The van der Waals surface area contributed by atoms with Gasteiger partial charge in [0.05, 0.1) is 17.4 Å². The number of anilines is 1. The Kier molecular flexibility index (Phi) is 9.57. The Balaban J connectivity index is 1.12. The van der Waals surface area contributed by atoms with Crippen LogP contribution < -0.4 is 16.6 Å². The molecule has 2 amide bonds. The van der Waals surface area contributed by atoms with E-state index in [9.17, 15) is 18.8 Å². The molecule has 5 heterocycles. The minimum absolute atomic E-state index is 0.00854. The molecule has 9 rings (SSSR count). The molecule has 0 radical (unpaired) electrons. The summed E-state index contributed by atoms with van der Waals surface area (Å²) in [6.45, 7) is 8.60. The molecule has 304 valence electrons. The van der Waals surface area contributed by atoms with Crippen molar-refractivity contribution in [2.45, 2.75) is 77.5 Å². The van der Waals surface area contributed by atoms with Crippen molar-refractivity contribution < 1.29 is 28.0 Å². The first-order valence-corrected chi connectivity index (χ1v) is 20.0. The van der Waals surface area contributed by atoms with Crippen molar-refractivity contribution in [1.82, 2.24) is 29.2 Å². The number of nitrogens with zero attached hydrogens (tertiary/aromatic N) is 5. The Labute approximate surface area is 337 Å². The van der Waals surface area contributed by atoms with Gasteiger partial charge in [-0.1, -0.05) is 48.5 Å². The monoisotopic (exact) mass is 801 g/mol. The standard InChI is InChI=1S/C44H44FN7O7/c1-24-18-32(19-25(2)36(24)45)51-38(53)33-12-15-50(27(4)37(33)46-41(51)48-42(55)58-23-28-8-6-5-7-9-28)39(54)35-21-31-20-30(29-13-16-57-17-14-29)10-11-34(31)52(35)44(22-26(44)3)40-47-43(56)59-49-40/h5-11,18-21,26-27,29H,12-17,22-23H2,1-4H3,(H,46,48,55)(H,47,49,56)/t26-,27+,44-/m1/s1. The normalized spacial score (nSPS) is 20.4. The molecule has 1 saturated carbocycles. The first-order chi connectivity index (χ1) is 28.4. The third-order valence-corrected chi connectivity index (χ3v) is 12.3. The quantitative estimate of drug-likeness (QED) is 0.168. The lowest BCUT2D eigenvalue weighted by Crippen LogP contribution is -2.44. The lowest BCUT2D eigenvalue weighted by atomic mass is 9.91. The molecule has 1 aliphatic carbocycles. The zero-order valence-corrected chi connectivity index (χ0v) is 33.2. The SMILES string of the molecule is Cc1cc(-n2c(NC(=O)OCc3ccccc3)nc3c(c2=O)CCN(C(=O)c2cc4cc(C5CCOCC5)ccc4n2[C@]2(c4noc(=O)[nH]4)C[C@H]2C)[C@H]3C)cc(C)c1F. The van der Waals surface area contributed by atoms with E-state index in [1.54, 1.807) is 25.7 Å². The number of amides is 2. The molecule has 1 saturated heterocycles. The van der Waals surface area contributed by atoms with Gasteiger partial charge >= 0.3 is 11.8 Å². The van der Waals surface area contributed by atoms with Gasteiger partial charge in [0, 0.05) is 36.2 Å². The first kappa shape index (κ1) is 38.2. The maximum Gasteiger partial charge on any atom is 0.438 e. The number of nitrogens with one attached hydrogen (secondary N) is 2.